The minimum Gasteiger partial charge on any atom is -0.465 e. The lowest BCUT2D eigenvalue weighted by molar-refractivity contribution is 0.0600. The molecule has 2 aliphatic heterocycles. The Morgan fingerprint density at radius 3 is 2.85 bits per heavy atom. The lowest BCUT2D eigenvalue weighted by Gasteiger charge is -2.37. The van der Waals surface area contributed by atoms with Crippen LogP contribution in [0.3, 0.4) is 0 Å². The van der Waals surface area contributed by atoms with Crippen molar-refractivity contribution in [2.45, 2.75) is 31.8 Å². The van der Waals surface area contributed by atoms with Crippen molar-refractivity contribution in [1.29, 1.82) is 0 Å². The number of hydrogen-bond donors (Lipinski definition) is 1. The van der Waals surface area contributed by atoms with E-state index in [1.165, 1.54) is 31.1 Å². The van der Waals surface area contributed by atoms with Crippen LogP contribution in [0.5, 0.6) is 0 Å². The number of nitrogens with zero attached hydrogens (tertiary/aromatic N) is 1. The fourth-order valence-electron chi connectivity index (χ4n) is 3.30. The fourth-order valence-corrected chi connectivity index (χ4v) is 3.30. The van der Waals surface area contributed by atoms with E-state index < -0.39 is 0 Å². The number of benzene rings is 1. The van der Waals surface area contributed by atoms with Crippen molar-refractivity contribution in [2.24, 2.45) is 0 Å². The normalized spacial score (nSPS) is 20.4. The highest BCUT2D eigenvalue weighted by Crippen LogP contribution is 2.24. The number of piperidine rings is 1. The lowest BCUT2D eigenvalue weighted by atomic mass is 9.94. The third-order valence-corrected chi connectivity index (χ3v) is 4.49. The molecule has 0 amide bonds. The van der Waals surface area contributed by atoms with Gasteiger partial charge in [0, 0.05) is 19.1 Å². The third-order valence-electron chi connectivity index (χ3n) is 4.49. The van der Waals surface area contributed by atoms with E-state index in [2.05, 4.69) is 16.3 Å². The molecule has 1 N–H and O–H groups in total. The largest absolute Gasteiger partial charge is 0.465 e. The van der Waals surface area contributed by atoms with Gasteiger partial charge in [0.15, 0.2) is 0 Å². The predicted molar refractivity (Wildman–Crippen MR) is 77.8 cm³/mol. The second-order valence-electron chi connectivity index (χ2n) is 5.68. The predicted octanol–water partition coefficient (Wildman–Crippen LogP) is 1.58. The first kappa shape index (κ1) is 13.6. The first-order valence-electron chi connectivity index (χ1n) is 7.43. The Kier molecular flexibility index (Phi) is 4.03. The summed E-state index contributed by atoms with van der Waals surface area (Å²) in [6.45, 7) is 4.38. The molecule has 0 aliphatic carbocycles. The Balaban J connectivity index is 1.73. The van der Waals surface area contributed by atoms with Crippen molar-refractivity contribution >= 4 is 5.97 Å². The van der Waals surface area contributed by atoms with Crippen LogP contribution in [0, 0.1) is 0 Å². The number of ether oxygens (including phenoxy) is 1. The summed E-state index contributed by atoms with van der Waals surface area (Å²) in [5.74, 6) is -0.242. The highest BCUT2D eigenvalue weighted by atomic mass is 16.5. The first-order valence-corrected chi connectivity index (χ1v) is 7.43. The Morgan fingerprint density at radius 2 is 2.10 bits per heavy atom. The van der Waals surface area contributed by atoms with E-state index >= 15 is 0 Å². The van der Waals surface area contributed by atoms with Gasteiger partial charge in [-0.2, -0.15) is 0 Å². The quantitative estimate of drug-likeness (QED) is 0.832. The van der Waals surface area contributed by atoms with Gasteiger partial charge in [-0.1, -0.05) is 6.07 Å². The van der Waals surface area contributed by atoms with E-state index in [4.69, 9.17) is 4.74 Å². The van der Waals surface area contributed by atoms with Crippen LogP contribution in [0.1, 0.15) is 34.3 Å². The average Bonchev–Trinajstić information content (AvgIpc) is 2.54. The molecule has 0 atom stereocenters. The van der Waals surface area contributed by atoms with Crippen molar-refractivity contribution in [3.8, 4) is 0 Å². The number of methoxy groups -OCH3 is 1. The van der Waals surface area contributed by atoms with Gasteiger partial charge in [0.1, 0.15) is 0 Å². The Bertz CT molecular complexity index is 495. The van der Waals surface area contributed by atoms with E-state index in [1.54, 1.807) is 0 Å². The number of hydrogen-bond acceptors (Lipinski definition) is 4. The molecule has 2 aliphatic rings. The first-order chi connectivity index (χ1) is 9.78. The lowest BCUT2D eigenvalue weighted by Crippen LogP contribution is -2.45. The van der Waals surface area contributed by atoms with E-state index in [9.17, 15) is 4.79 Å². The van der Waals surface area contributed by atoms with Gasteiger partial charge in [0.2, 0.25) is 0 Å². The molecule has 0 unspecified atom stereocenters. The third kappa shape index (κ3) is 2.72. The van der Waals surface area contributed by atoms with E-state index in [0.29, 0.717) is 11.6 Å². The fraction of sp³-hybridized carbons (Fsp3) is 0.562. The van der Waals surface area contributed by atoms with Gasteiger partial charge in [0.05, 0.1) is 12.7 Å². The van der Waals surface area contributed by atoms with Crippen LogP contribution < -0.4 is 5.32 Å². The number of esters is 1. The average molecular weight is 274 g/mol. The molecule has 0 saturated carbocycles. The molecule has 0 spiro atoms. The van der Waals surface area contributed by atoms with Gasteiger partial charge in [-0.25, -0.2) is 4.79 Å². The van der Waals surface area contributed by atoms with Crippen LogP contribution in [-0.4, -0.2) is 43.7 Å². The Morgan fingerprint density at radius 1 is 1.30 bits per heavy atom. The molecule has 0 aromatic heterocycles. The summed E-state index contributed by atoms with van der Waals surface area (Å²) in [4.78, 5) is 14.2. The van der Waals surface area contributed by atoms with E-state index in [-0.39, 0.29) is 5.97 Å². The number of fused-ring (bicyclic) bond motifs is 1. The Hall–Kier alpha value is -1.39. The molecule has 4 heteroatoms. The SMILES string of the molecule is COC(=O)c1ccc2c(c1)CCN(C1CCNCC1)C2. The van der Waals surface area contributed by atoms with E-state index in [1.807, 2.05) is 12.1 Å². The molecule has 4 nitrogen and oxygen atoms in total. The van der Waals surface area contributed by atoms with Gasteiger partial charge in [0.25, 0.3) is 0 Å². The zero-order chi connectivity index (χ0) is 13.9. The van der Waals surface area contributed by atoms with Crippen molar-refractivity contribution in [1.82, 2.24) is 10.2 Å². The molecule has 3 rings (SSSR count). The molecule has 1 aromatic rings. The van der Waals surface area contributed by atoms with Crippen LogP contribution in [0.25, 0.3) is 0 Å². The summed E-state index contributed by atoms with van der Waals surface area (Å²) in [5.41, 5.74) is 3.34. The molecular weight excluding hydrogens is 252 g/mol. The number of rotatable bonds is 2. The maximum absolute atomic E-state index is 11.6. The number of carbonyl (C=O) groups excluding carboxylic acids is 1. The molecular formula is C16H22N2O2. The second-order valence-corrected chi connectivity index (χ2v) is 5.68. The minimum atomic E-state index is -0.242. The van der Waals surface area contributed by atoms with Crippen LogP contribution in [0.2, 0.25) is 0 Å². The summed E-state index contributed by atoms with van der Waals surface area (Å²) in [5, 5.41) is 3.42. The molecule has 1 saturated heterocycles. The van der Waals surface area contributed by atoms with Gasteiger partial charge in [-0.3, -0.25) is 4.90 Å². The highest BCUT2D eigenvalue weighted by Gasteiger charge is 2.25. The standard InChI is InChI=1S/C16H22N2O2/c1-20-16(19)13-2-3-14-11-18(9-6-12(14)10-13)15-4-7-17-8-5-15/h2-3,10,15,17H,4-9,11H2,1H3. The number of carbonyl (C=O) groups is 1. The topological polar surface area (TPSA) is 41.6 Å². The minimum absolute atomic E-state index is 0.242. The van der Waals surface area contributed by atoms with Crippen molar-refractivity contribution < 1.29 is 9.53 Å². The van der Waals surface area contributed by atoms with Crippen molar-refractivity contribution in [3.05, 3.63) is 34.9 Å². The van der Waals surface area contributed by atoms with Crippen LogP contribution >= 0.6 is 0 Å². The molecule has 0 radical (unpaired) electrons. The molecule has 2 heterocycles. The van der Waals surface area contributed by atoms with Gasteiger partial charge >= 0.3 is 5.97 Å². The van der Waals surface area contributed by atoms with Crippen molar-refractivity contribution in [3.63, 3.8) is 0 Å². The van der Waals surface area contributed by atoms with Gasteiger partial charge in [-0.05, 0) is 55.6 Å². The zero-order valence-corrected chi connectivity index (χ0v) is 12.0. The second kappa shape index (κ2) is 5.94. The molecule has 0 bridgehead atoms. The van der Waals surface area contributed by atoms with Crippen molar-refractivity contribution in [2.75, 3.05) is 26.7 Å². The highest BCUT2D eigenvalue weighted by molar-refractivity contribution is 5.89. The summed E-state index contributed by atoms with van der Waals surface area (Å²) >= 11 is 0. The Labute approximate surface area is 120 Å². The van der Waals surface area contributed by atoms with Crippen LogP contribution in [0.15, 0.2) is 18.2 Å². The summed E-state index contributed by atoms with van der Waals surface area (Å²) in [6, 6.07) is 6.69. The van der Waals surface area contributed by atoms with E-state index in [0.717, 1.165) is 32.6 Å². The number of nitrogens with one attached hydrogen (secondary N) is 1. The summed E-state index contributed by atoms with van der Waals surface area (Å²) in [6.07, 6.45) is 3.52. The maximum Gasteiger partial charge on any atom is 0.337 e. The zero-order valence-electron chi connectivity index (χ0n) is 12.0. The molecule has 20 heavy (non-hydrogen) atoms. The molecule has 1 fully saturated rings. The monoisotopic (exact) mass is 274 g/mol. The maximum atomic E-state index is 11.6. The summed E-state index contributed by atoms with van der Waals surface area (Å²) < 4.78 is 4.79. The smallest absolute Gasteiger partial charge is 0.337 e. The molecule has 108 valence electrons. The summed E-state index contributed by atoms with van der Waals surface area (Å²) in [7, 11) is 1.43. The van der Waals surface area contributed by atoms with Crippen LogP contribution in [-0.2, 0) is 17.7 Å². The van der Waals surface area contributed by atoms with Gasteiger partial charge < -0.3 is 10.1 Å². The van der Waals surface area contributed by atoms with Crippen LogP contribution in [0.4, 0.5) is 0 Å². The van der Waals surface area contributed by atoms with Gasteiger partial charge in [-0.15, -0.1) is 0 Å². The molecule has 1 aromatic carbocycles.